The summed E-state index contributed by atoms with van der Waals surface area (Å²) in [6.45, 7) is 1.79. The van der Waals surface area contributed by atoms with Crippen LogP contribution in [0.5, 0.6) is 0 Å². The Kier molecular flexibility index (Phi) is 5.24. The van der Waals surface area contributed by atoms with E-state index in [0.717, 1.165) is 45.5 Å². The highest BCUT2D eigenvalue weighted by Gasteiger charge is 2.26. The van der Waals surface area contributed by atoms with Crippen LogP contribution in [-0.4, -0.2) is 35.6 Å². The van der Waals surface area contributed by atoms with Crippen LogP contribution < -0.4 is 0 Å². The SMILES string of the molecule is O=C(c1cc(Br)sc1Br)N1CCCC(CCO)C1. The van der Waals surface area contributed by atoms with E-state index in [1.54, 1.807) is 0 Å². The molecule has 1 amide bonds. The van der Waals surface area contributed by atoms with Gasteiger partial charge in [0, 0.05) is 19.7 Å². The van der Waals surface area contributed by atoms with Crippen LogP contribution in [0.1, 0.15) is 29.6 Å². The lowest BCUT2D eigenvalue weighted by molar-refractivity contribution is 0.0653. The summed E-state index contributed by atoms with van der Waals surface area (Å²) in [4.78, 5) is 14.3. The number of piperidine rings is 1. The Balaban J connectivity index is 2.06. The fourth-order valence-corrected chi connectivity index (χ4v) is 5.10. The van der Waals surface area contributed by atoms with E-state index in [2.05, 4.69) is 31.9 Å². The number of nitrogens with zero attached hydrogens (tertiary/aromatic N) is 1. The van der Waals surface area contributed by atoms with Gasteiger partial charge in [0.1, 0.15) is 0 Å². The molecule has 0 spiro atoms. The van der Waals surface area contributed by atoms with Gasteiger partial charge in [0.2, 0.25) is 0 Å². The molecule has 0 radical (unpaired) electrons. The first-order valence-corrected chi connectivity index (χ1v) is 8.37. The molecule has 100 valence electrons. The van der Waals surface area contributed by atoms with Gasteiger partial charge >= 0.3 is 0 Å². The van der Waals surface area contributed by atoms with Gasteiger partial charge in [-0.25, -0.2) is 0 Å². The molecule has 1 aliphatic heterocycles. The van der Waals surface area contributed by atoms with Crippen molar-refractivity contribution < 1.29 is 9.90 Å². The molecular weight excluding hydrogens is 382 g/mol. The van der Waals surface area contributed by atoms with E-state index in [4.69, 9.17) is 5.11 Å². The zero-order chi connectivity index (χ0) is 13.1. The molecule has 1 N–H and O–H groups in total. The molecule has 2 rings (SSSR count). The van der Waals surface area contributed by atoms with E-state index in [1.807, 2.05) is 11.0 Å². The normalized spacial score (nSPS) is 20.2. The molecule has 0 aromatic carbocycles. The number of aliphatic hydroxyl groups excluding tert-OH is 1. The third kappa shape index (κ3) is 3.35. The van der Waals surface area contributed by atoms with Crippen molar-refractivity contribution in [3.8, 4) is 0 Å². The van der Waals surface area contributed by atoms with Crippen LogP contribution in [-0.2, 0) is 0 Å². The minimum absolute atomic E-state index is 0.0893. The number of thiophene rings is 1. The number of hydrogen-bond donors (Lipinski definition) is 1. The van der Waals surface area contributed by atoms with Crippen molar-refractivity contribution in [2.45, 2.75) is 19.3 Å². The van der Waals surface area contributed by atoms with Crippen LogP contribution in [0.15, 0.2) is 13.6 Å². The van der Waals surface area contributed by atoms with Gasteiger partial charge in [0.15, 0.2) is 0 Å². The number of carbonyl (C=O) groups is 1. The highest BCUT2D eigenvalue weighted by Crippen LogP contribution is 2.33. The third-order valence-corrected chi connectivity index (χ3v) is 5.57. The van der Waals surface area contributed by atoms with E-state index in [9.17, 15) is 4.79 Å². The number of likely N-dealkylation sites (tertiary alicyclic amines) is 1. The Morgan fingerprint density at radius 2 is 2.33 bits per heavy atom. The van der Waals surface area contributed by atoms with Crippen molar-refractivity contribution in [2.75, 3.05) is 19.7 Å². The predicted octanol–water partition coefficient (Wildman–Crippen LogP) is 3.51. The highest BCUT2D eigenvalue weighted by molar-refractivity contribution is 9.12. The van der Waals surface area contributed by atoms with E-state index in [1.165, 1.54) is 11.3 Å². The lowest BCUT2D eigenvalue weighted by atomic mass is 9.95. The lowest BCUT2D eigenvalue weighted by Crippen LogP contribution is -2.40. The van der Waals surface area contributed by atoms with E-state index in [0.29, 0.717) is 5.92 Å². The first-order valence-electron chi connectivity index (χ1n) is 5.96. The van der Waals surface area contributed by atoms with Crippen LogP contribution in [0.2, 0.25) is 0 Å². The summed E-state index contributed by atoms with van der Waals surface area (Å²) in [5.74, 6) is 0.528. The summed E-state index contributed by atoms with van der Waals surface area (Å²) in [7, 11) is 0. The average molecular weight is 397 g/mol. The topological polar surface area (TPSA) is 40.5 Å². The zero-order valence-corrected chi connectivity index (χ0v) is 13.9. The average Bonchev–Trinajstić information content (AvgIpc) is 2.68. The van der Waals surface area contributed by atoms with Gasteiger partial charge in [0.25, 0.3) is 5.91 Å². The van der Waals surface area contributed by atoms with E-state index < -0.39 is 0 Å². The van der Waals surface area contributed by atoms with Gasteiger partial charge < -0.3 is 10.0 Å². The maximum absolute atomic E-state index is 12.4. The van der Waals surface area contributed by atoms with Gasteiger partial charge in [0.05, 0.1) is 13.1 Å². The summed E-state index contributed by atoms with van der Waals surface area (Å²) in [5, 5.41) is 8.99. The molecule has 0 saturated carbocycles. The monoisotopic (exact) mass is 395 g/mol. The van der Waals surface area contributed by atoms with Crippen LogP contribution in [0.4, 0.5) is 0 Å². The van der Waals surface area contributed by atoms with Crippen LogP contribution in [0.3, 0.4) is 0 Å². The van der Waals surface area contributed by atoms with Crippen molar-refractivity contribution in [1.29, 1.82) is 0 Å². The molecule has 1 aromatic heterocycles. The second-order valence-corrected chi connectivity index (χ2v) is 8.26. The molecule has 1 saturated heterocycles. The highest BCUT2D eigenvalue weighted by atomic mass is 79.9. The number of amides is 1. The smallest absolute Gasteiger partial charge is 0.255 e. The van der Waals surface area contributed by atoms with Crippen molar-refractivity contribution >= 4 is 49.1 Å². The molecule has 1 fully saturated rings. The van der Waals surface area contributed by atoms with Crippen molar-refractivity contribution in [2.24, 2.45) is 5.92 Å². The maximum Gasteiger partial charge on any atom is 0.255 e. The van der Waals surface area contributed by atoms with Gasteiger partial charge in [-0.3, -0.25) is 4.79 Å². The largest absolute Gasteiger partial charge is 0.396 e. The third-order valence-electron chi connectivity index (χ3n) is 3.23. The summed E-state index contributed by atoms with van der Waals surface area (Å²) < 4.78 is 1.84. The van der Waals surface area contributed by atoms with E-state index in [-0.39, 0.29) is 12.5 Å². The standard InChI is InChI=1S/C12H15Br2NO2S/c13-10-6-9(11(14)18-10)12(17)15-4-1-2-8(7-15)3-5-16/h6,8,16H,1-5,7H2. The molecule has 6 heteroatoms. The van der Waals surface area contributed by atoms with Gasteiger partial charge in [-0.15, -0.1) is 11.3 Å². The van der Waals surface area contributed by atoms with Crippen molar-refractivity contribution in [3.05, 3.63) is 19.2 Å². The van der Waals surface area contributed by atoms with Crippen LogP contribution in [0, 0.1) is 5.92 Å². The van der Waals surface area contributed by atoms with Crippen molar-refractivity contribution in [3.63, 3.8) is 0 Å². The molecule has 1 aromatic rings. The van der Waals surface area contributed by atoms with Gasteiger partial charge in [-0.2, -0.15) is 0 Å². The second kappa shape index (κ2) is 6.50. The second-order valence-electron chi connectivity index (χ2n) is 4.51. The molecule has 1 unspecified atom stereocenters. The summed E-state index contributed by atoms with van der Waals surface area (Å²) in [6, 6.07) is 1.87. The minimum atomic E-state index is 0.0893. The fraction of sp³-hybridized carbons (Fsp3) is 0.583. The van der Waals surface area contributed by atoms with Crippen LogP contribution >= 0.6 is 43.2 Å². The Bertz CT molecular complexity index is 434. The summed E-state index contributed by atoms with van der Waals surface area (Å²) >= 11 is 8.35. The molecule has 0 bridgehead atoms. The van der Waals surface area contributed by atoms with E-state index >= 15 is 0 Å². The Hall–Kier alpha value is 0.0900. The number of carbonyl (C=O) groups excluding carboxylic acids is 1. The van der Waals surface area contributed by atoms with Gasteiger partial charge in [-0.1, -0.05) is 0 Å². The Labute approximate surface area is 127 Å². The maximum atomic E-state index is 12.4. The first-order chi connectivity index (χ1) is 8.61. The molecule has 0 aliphatic carbocycles. The Morgan fingerprint density at radius 1 is 1.56 bits per heavy atom. The number of rotatable bonds is 3. The quantitative estimate of drug-likeness (QED) is 0.849. The van der Waals surface area contributed by atoms with Crippen LogP contribution in [0.25, 0.3) is 0 Å². The number of halogens is 2. The Morgan fingerprint density at radius 3 is 2.94 bits per heavy atom. The minimum Gasteiger partial charge on any atom is -0.396 e. The first kappa shape index (κ1) is 14.5. The van der Waals surface area contributed by atoms with Crippen molar-refractivity contribution in [1.82, 2.24) is 4.90 Å². The molecule has 3 nitrogen and oxygen atoms in total. The fourth-order valence-electron chi connectivity index (χ4n) is 2.32. The predicted molar refractivity (Wildman–Crippen MR) is 80.0 cm³/mol. The molecule has 2 heterocycles. The summed E-state index contributed by atoms with van der Waals surface area (Å²) in [6.07, 6.45) is 2.93. The zero-order valence-electron chi connectivity index (χ0n) is 9.86. The number of aliphatic hydroxyl groups is 1. The number of hydrogen-bond acceptors (Lipinski definition) is 3. The summed E-state index contributed by atoms with van der Waals surface area (Å²) in [5.41, 5.74) is 0.733. The lowest BCUT2D eigenvalue weighted by Gasteiger charge is -2.32. The molecule has 18 heavy (non-hydrogen) atoms. The molecule has 1 aliphatic rings. The molecular formula is C12H15Br2NO2S. The molecule has 1 atom stereocenters. The van der Waals surface area contributed by atoms with Gasteiger partial charge in [-0.05, 0) is 63.1 Å².